The van der Waals surface area contributed by atoms with Crippen LogP contribution in [0.2, 0.25) is 0 Å². The molecule has 1 aliphatic rings. The predicted molar refractivity (Wildman–Crippen MR) is 137 cm³/mol. The molecule has 0 saturated carbocycles. The van der Waals surface area contributed by atoms with Gasteiger partial charge in [-0.3, -0.25) is 0 Å². The van der Waals surface area contributed by atoms with Crippen molar-refractivity contribution in [3.8, 4) is 17.0 Å². The van der Waals surface area contributed by atoms with Crippen molar-refractivity contribution < 1.29 is 14.3 Å². The highest BCUT2D eigenvalue weighted by molar-refractivity contribution is 6.01. The summed E-state index contributed by atoms with van der Waals surface area (Å²) in [5, 5.41) is 14.5. The molecule has 1 atom stereocenters. The molecule has 1 fully saturated rings. The highest BCUT2D eigenvalue weighted by Gasteiger charge is 2.28. The minimum atomic E-state index is -0.527. The lowest BCUT2D eigenvalue weighted by molar-refractivity contribution is 0.0206. The number of rotatable bonds is 4. The van der Waals surface area contributed by atoms with Gasteiger partial charge in [-0.05, 0) is 52.7 Å². The molecule has 2 aromatic carbocycles. The first-order chi connectivity index (χ1) is 16.7. The van der Waals surface area contributed by atoms with E-state index < -0.39 is 5.60 Å². The lowest BCUT2D eigenvalue weighted by Crippen LogP contribution is -2.47. The van der Waals surface area contributed by atoms with Crippen LogP contribution in [0.15, 0.2) is 36.4 Å². The Morgan fingerprint density at radius 3 is 2.69 bits per heavy atom. The van der Waals surface area contributed by atoms with Gasteiger partial charge in [0.2, 0.25) is 0 Å². The van der Waals surface area contributed by atoms with Gasteiger partial charge in [0.15, 0.2) is 11.5 Å². The number of benzene rings is 2. The zero-order valence-corrected chi connectivity index (χ0v) is 20.9. The average Bonchev–Trinajstić information content (AvgIpc) is 2.83. The Morgan fingerprint density at radius 1 is 1.17 bits per heavy atom. The molecule has 0 radical (unpaired) electrons. The Balaban J connectivity index is 1.66. The van der Waals surface area contributed by atoms with Crippen molar-refractivity contribution >= 4 is 28.4 Å². The van der Waals surface area contributed by atoms with E-state index in [1.807, 2.05) is 45.9 Å². The second-order valence-corrected chi connectivity index (χ2v) is 9.85. The summed E-state index contributed by atoms with van der Waals surface area (Å²) in [6.07, 6.45) is 1.51. The van der Waals surface area contributed by atoms with Gasteiger partial charge < -0.3 is 19.7 Å². The van der Waals surface area contributed by atoms with Gasteiger partial charge in [0.25, 0.3) is 0 Å². The van der Waals surface area contributed by atoms with Crippen LogP contribution in [0.1, 0.15) is 39.2 Å². The van der Waals surface area contributed by atoms with E-state index in [9.17, 15) is 4.79 Å². The van der Waals surface area contributed by atoms with Crippen LogP contribution in [-0.2, 0) is 4.74 Å². The van der Waals surface area contributed by atoms with Crippen molar-refractivity contribution in [1.82, 2.24) is 15.1 Å². The van der Waals surface area contributed by atoms with Gasteiger partial charge in [0.05, 0.1) is 13.7 Å². The Kier molecular flexibility index (Phi) is 6.79. The number of ether oxygens (including phenoxy) is 2. The highest BCUT2D eigenvalue weighted by Crippen LogP contribution is 2.37. The van der Waals surface area contributed by atoms with Crippen molar-refractivity contribution in [2.75, 3.05) is 25.5 Å². The Labute approximate surface area is 206 Å². The van der Waals surface area contributed by atoms with Gasteiger partial charge in [0.1, 0.15) is 17.0 Å². The molecular weight excluding hydrogens is 442 g/mol. The number of piperidine rings is 1. The third kappa shape index (κ3) is 5.46. The lowest BCUT2D eigenvalue weighted by Gasteiger charge is -2.34. The number of hydrogen-bond donors (Lipinski definition) is 1. The molecule has 8 heteroatoms. The highest BCUT2D eigenvalue weighted by atomic mass is 16.6. The zero-order chi connectivity index (χ0) is 25.2. The summed E-state index contributed by atoms with van der Waals surface area (Å²) in [5.41, 5.74) is 2.55. The van der Waals surface area contributed by atoms with E-state index in [0.29, 0.717) is 36.0 Å². The molecule has 2 heterocycles. The molecule has 1 saturated heterocycles. The van der Waals surface area contributed by atoms with Crippen LogP contribution in [0.3, 0.4) is 0 Å². The number of fused-ring (bicyclic) bond motifs is 1. The first kappa shape index (κ1) is 24.3. The number of likely N-dealkylation sites (tertiary alicyclic amines) is 1. The smallest absolute Gasteiger partial charge is 0.410 e. The molecule has 4 rings (SSSR count). The first-order valence-electron chi connectivity index (χ1n) is 11.8. The van der Waals surface area contributed by atoms with Gasteiger partial charge in [-0.15, -0.1) is 10.2 Å². The monoisotopic (exact) mass is 473 g/mol. The molecule has 1 aliphatic heterocycles. The molecule has 0 spiro atoms. The average molecular weight is 474 g/mol. The number of carbonyl (C=O) groups is 1. The minimum Gasteiger partial charge on any atom is -0.497 e. The van der Waals surface area contributed by atoms with Gasteiger partial charge in [-0.2, -0.15) is 0 Å². The maximum absolute atomic E-state index is 12.6. The molecule has 0 unspecified atom stereocenters. The van der Waals surface area contributed by atoms with Crippen LogP contribution in [0.25, 0.3) is 26.9 Å². The predicted octanol–water partition coefficient (Wildman–Crippen LogP) is 5.98. The zero-order valence-electron chi connectivity index (χ0n) is 20.9. The molecule has 1 N–H and O–H groups in total. The molecule has 35 heavy (non-hydrogen) atoms. The van der Waals surface area contributed by atoms with Gasteiger partial charge in [-0.25, -0.2) is 9.64 Å². The summed E-state index contributed by atoms with van der Waals surface area (Å²) in [4.78, 5) is 17.8. The fourth-order valence-corrected chi connectivity index (χ4v) is 4.30. The van der Waals surface area contributed by atoms with E-state index >= 15 is 0 Å². The topological polar surface area (TPSA) is 80.9 Å². The fraction of sp³-hybridized carbons (Fsp3) is 0.407. The third-order valence-corrected chi connectivity index (χ3v) is 5.92. The van der Waals surface area contributed by atoms with Crippen molar-refractivity contribution in [3.63, 3.8) is 0 Å². The van der Waals surface area contributed by atoms with Crippen molar-refractivity contribution in [2.24, 2.45) is 0 Å². The molecule has 0 bridgehead atoms. The van der Waals surface area contributed by atoms with E-state index in [1.54, 1.807) is 24.1 Å². The molecule has 8 nitrogen and oxygen atoms in total. The first-order valence-corrected chi connectivity index (χ1v) is 11.8. The summed E-state index contributed by atoms with van der Waals surface area (Å²) >= 11 is 0. The number of amides is 1. The van der Waals surface area contributed by atoms with Crippen LogP contribution >= 0.6 is 0 Å². The molecule has 1 aromatic heterocycles. The number of carbonyl (C=O) groups excluding carboxylic acids is 1. The SMILES string of the molecule is [C-]#[N+]c1ccc(-c2nnc(N[C@@H]3CCCN(C(=O)OC(C)(C)C)C3)c3ccc(C)cc23)c(OC)c1. The van der Waals surface area contributed by atoms with Gasteiger partial charge in [0, 0.05) is 35.5 Å². The number of anilines is 1. The fourth-order valence-electron chi connectivity index (χ4n) is 4.30. The van der Waals surface area contributed by atoms with Gasteiger partial charge >= 0.3 is 6.09 Å². The third-order valence-electron chi connectivity index (χ3n) is 5.92. The molecule has 0 aliphatic carbocycles. The van der Waals surface area contributed by atoms with E-state index in [0.717, 1.165) is 34.7 Å². The standard InChI is InChI=1S/C27H31N5O3/c1-17-9-11-20-22(14-17)24(21-12-10-18(28-5)15-23(21)34-6)30-31-25(20)29-19-8-7-13-32(16-19)26(33)35-27(2,3)4/h9-12,14-15,19H,7-8,13,16H2,1-4,6H3,(H,29,31)/t19-/m1/s1. The van der Waals surface area contributed by atoms with Crippen molar-refractivity contribution in [3.05, 3.63) is 53.4 Å². The number of hydrogen-bond acceptors (Lipinski definition) is 6. The van der Waals surface area contributed by atoms with E-state index in [1.165, 1.54) is 0 Å². The number of methoxy groups -OCH3 is 1. The number of nitrogens with zero attached hydrogens (tertiary/aromatic N) is 4. The van der Waals surface area contributed by atoms with Gasteiger partial charge in [-0.1, -0.05) is 29.8 Å². The quantitative estimate of drug-likeness (QED) is 0.470. The molecular formula is C27H31N5O3. The van der Waals surface area contributed by atoms with Crippen LogP contribution in [0, 0.1) is 13.5 Å². The summed E-state index contributed by atoms with van der Waals surface area (Å²) in [5.74, 6) is 1.26. The van der Waals surface area contributed by atoms with Crippen molar-refractivity contribution in [2.45, 2.75) is 52.2 Å². The summed E-state index contributed by atoms with van der Waals surface area (Å²) in [6.45, 7) is 16.2. The second kappa shape index (κ2) is 9.79. The molecule has 1 amide bonds. The van der Waals surface area contributed by atoms with Crippen LogP contribution < -0.4 is 10.1 Å². The minimum absolute atomic E-state index is 0.0356. The lowest BCUT2D eigenvalue weighted by atomic mass is 10.0. The molecule has 182 valence electrons. The Bertz CT molecular complexity index is 1290. The second-order valence-electron chi connectivity index (χ2n) is 9.85. The van der Waals surface area contributed by atoms with E-state index in [-0.39, 0.29) is 12.1 Å². The van der Waals surface area contributed by atoms with E-state index in [4.69, 9.17) is 16.0 Å². The van der Waals surface area contributed by atoms with Crippen LogP contribution in [-0.4, -0.2) is 53.0 Å². The molecule has 3 aromatic rings. The normalized spacial score (nSPS) is 16.0. The summed E-state index contributed by atoms with van der Waals surface area (Å²) in [6, 6.07) is 11.5. The number of nitrogens with one attached hydrogen (secondary N) is 1. The Hall–Kier alpha value is -3.86. The number of aromatic nitrogens is 2. The largest absolute Gasteiger partial charge is 0.497 e. The Morgan fingerprint density at radius 2 is 1.97 bits per heavy atom. The summed E-state index contributed by atoms with van der Waals surface area (Å²) < 4.78 is 11.1. The number of aryl methyl sites for hydroxylation is 1. The summed E-state index contributed by atoms with van der Waals surface area (Å²) in [7, 11) is 1.59. The maximum atomic E-state index is 12.6. The van der Waals surface area contributed by atoms with E-state index in [2.05, 4.69) is 26.4 Å². The van der Waals surface area contributed by atoms with Crippen LogP contribution in [0.4, 0.5) is 16.3 Å². The maximum Gasteiger partial charge on any atom is 0.410 e. The van der Waals surface area contributed by atoms with Crippen molar-refractivity contribution in [1.29, 1.82) is 0 Å². The van der Waals surface area contributed by atoms with Crippen LogP contribution in [0.5, 0.6) is 5.75 Å².